The van der Waals surface area contributed by atoms with Gasteiger partial charge in [0.25, 0.3) is 0 Å². The molecular weight excluding hydrogens is 278 g/mol. The molecule has 0 heterocycles. The molecule has 0 atom stereocenters. The third-order valence-corrected chi connectivity index (χ3v) is 2.98. The van der Waals surface area contributed by atoms with E-state index in [1.54, 1.807) is 0 Å². The Labute approximate surface area is 99.5 Å². The highest BCUT2D eigenvalue weighted by Crippen LogP contribution is 2.21. The van der Waals surface area contributed by atoms with E-state index in [2.05, 4.69) is 0 Å². The van der Waals surface area contributed by atoms with Gasteiger partial charge in [0.15, 0.2) is 9.84 Å². The van der Waals surface area contributed by atoms with Gasteiger partial charge >= 0.3 is 12.1 Å². The second kappa shape index (κ2) is 4.56. The Balaban J connectivity index is 3.04. The third kappa shape index (κ3) is 3.42. The number of carbonyl (C=O) groups excluding carboxylic acids is 1. The van der Waals surface area contributed by atoms with Crippen LogP contribution in [0.2, 0.25) is 0 Å². The highest BCUT2D eigenvalue weighted by Gasteiger charge is 2.38. The molecule has 1 aromatic rings. The van der Waals surface area contributed by atoms with Gasteiger partial charge in [0.1, 0.15) is 10.7 Å². The first kappa shape index (κ1) is 14.4. The van der Waals surface area contributed by atoms with Gasteiger partial charge in [-0.25, -0.2) is 12.8 Å². The van der Waals surface area contributed by atoms with Gasteiger partial charge in [-0.05, 0) is 18.2 Å². The molecule has 100 valence electrons. The molecule has 0 aliphatic carbocycles. The van der Waals surface area contributed by atoms with E-state index in [4.69, 9.17) is 0 Å². The van der Waals surface area contributed by atoms with Gasteiger partial charge in [-0.3, -0.25) is 4.79 Å². The van der Waals surface area contributed by atoms with Crippen molar-refractivity contribution in [1.29, 1.82) is 0 Å². The fraction of sp³-hybridized carbons (Fsp3) is 0.222. The average Bonchev–Trinajstić information content (AvgIpc) is 2.13. The topological polar surface area (TPSA) is 63.2 Å². The minimum absolute atomic E-state index is 0.484. The lowest BCUT2D eigenvalue weighted by atomic mass is 10.3. The molecule has 0 bridgehead atoms. The fourth-order valence-electron chi connectivity index (χ4n) is 1.08. The number of halogens is 4. The number of benzene rings is 1. The SMILES string of the molecule is CS(=O)(=O)c1ccc(NC(=O)C(F)(F)F)cc1F. The summed E-state index contributed by atoms with van der Waals surface area (Å²) in [7, 11) is -3.82. The van der Waals surface area contributed by atoms with Gasteiger partial charge in [-0.2, -0.15) is 13.2 Å². The molecule has 0 saturated heterocycles. The quantitative estimate of drug-likeness (QED) is 0.842. The van der Waals surface area contributed by atoms with Crippen molar-refractivity contribution in [2.45, 2.75) is 11.1 Å². The van der Waals surface area contributed by atoms with Gasteiger partial charge in [-0.15, -0.1) is 0 Å². The van der Waals surface area contributed by atoms with Gasteiger partial charge in [0, 0.05) is 11.9 Å². The van der Waals surface area contributed by atoms with Gasteiger partial charge in [-0.1, -0.05) is 0 Å². The summed E-state index contributed by atoms with van der Waals surface area (Å²) >= 11 is 0. The van der Waals surface area contributed by atoms with Crippen LogP contribution in [-0.2, 0) is 14.6 Å². The number of carbonyl (C=O) groups is 1. The molecule has 1 N–H and O–H groups in total. The van der Waals surface area contributed by atoms with Crippen molar-refractivity contribution in [2.75, 3.05) is 11.6 Å². The lowest BCUT2D eigenvalue weighted by molar-refractivity contribution is -0.167. The highest BCUT2D eigenvalue weighted by molar-refractivity contribution is 7.90. The number of amides is 1. The van der Waals surface area contributed by atoms with Crippen LogP contribution in [0.15, 0.2) is 23.1 Å². The minimum atomic E-state index is -5.11. The maximum absolute atomic E-state index is 13.3. The number of sulfone groups is 1. The van der Waals surface area contributed by atoms with Gasteiger partial charge < -0.3 is 5.32 Å². The first-order chi connectivity index (χ1) is 8.01. The highest BCUT2D eigenvalue weighted by atomic mass is 32.2. The lowest BCUT2D eigenvalue weighted by Gasteiger charge is -2.08. The molecule has 0 aliphatic heterocycles. The largest absolute Gasteiger partial charge is 0.471 e. The van der Waals surface area contributed by atoms with Crippen LogP contribution < -0.4 is 5.32 Å². The maximum Gasteiger partial charge on any atom is 0.471 e. The normalized spacial score (nSPS) is 12.3. The summed E-state index contributed by atoms with van der Waals surface area (Å²) in [4.78, 5) is 9.89. The Bertz CT molecular complexity index is 580. The zero-order chi connectivity index (χ0) is 14.1. The van der Waals surface area contributed by atoms with Crippen molar-refractivity contribution in [1.82, 2.24) is 0 Å². The molecule has 0 spiro atoms. The number of hydrogen-bond acceptors (Lipinski definition) is 3. The van der Waals surface area contributed by atoms with Crippen molar-refractivity contribution in [3.05, 3.63) is 24.0 Å². The van der Waals surface area contributed by atoms with Crippen LogP contribution in [0.25, 0.3) is 0 Å². The van der Waals surface area contributed by atoms with Crippen LogP contribution in [-0.4, -0.2) is 26.8 Å². The van der Waals surface area contributed by atoms with Crippen LogP contribution in [0.5, 0.6) is 0 Å². The molecule has 0 radical (unpaired) electrons. The molecule has 9 heteroatoms. The number of alkyl halides is 3. The van der Waals surface area contributed by atoms with Gasteiger partial charge in [0.2, 0.25) is 0 Å². The van der Waals surface area contributed by atoms with Crippen molar-refractivity contribution < 1.29 is 30.8 Å². The van der Waals surface area contributed by atoms with E-state index in [0.717, 1.165) is 18.4 Å². The molecule has 0 unspecified atom stereocenters. The zero-order valence-electron chi connectivity index (χ0n) is 8.88. The zero-order valence-corrected chi connectivity index (χ0v) is 9.69. The Hall–Kier alpha value is -1.64. The summed E-state index contributed by atoms with van der Waals surface area (Å²) in [5, 5.41) is 1.40. The molecule has 1 rings (SSSR count). The molecule has 0 aromatic heterocycles. The van der Waals surface area contributed by atoms with Gasteiger partial charge in [0.05, 0.1) is 0 Å². The Morgan fingerprint density at radius 1 is 1.28 bits per heavy atom. The summed E-state index contributed by atoms with van der Waals surface area (Å²) < 4.78 is 71.1. The van der Waals surface area contributed by atoms with Crippen molar-refractivity contribution in [2.24, 2.45) is 0 Å². The predicted molar refractivity (Wildman–Crippen MR) is 54.2 cm³/mol. The number of hydrogen-bond donors (Lipinski definition) is 1. The monoisotopic (exact) mass is 285 g/mol. The van der Waals surface area contributed by atoms with E-state index in [-0.39, 0.29) is 0 Å². The van der Waals surface area contributed by atoms with Crippen LogP contribution in [0.1, 0.15) is 0 Å². The molecule has 1 aromatic carbocycles. The summed E-state index contributed by atoms with van der Waals surface area (Å²) in [6, 6.07) is 2.14. The Morgan fingerprint density at radius 3 is 2.22 bits per heavy atom. The maximum atomic E-state index is 13.3. The Morgan fingerprint density at radius 2 is 1.83 bits per heavy atom. The summed E-state index contributed by atoms with van der Waals surface area (Å²) in [6.45, 7) is 0. The minimum Gasteiger partial charge on any atom is -0.318 e. The van der Waals surface area contributed by atoms with E-state index in [1.807, 2.05) is 0 Å². The van der Waals surface area contributed by atoms with E-state index in [9.17, 15) is 30.8 Å². The second-order valence-electron chi connectivity index (χ2n) is 3.37. The predicted octanol–water partition coefficient (Wildman–Crippen LogP) is 1.73. The number of rotatable bonds is 2. The van der Waals surface area contributed by atoms with E-state index >= 15 is 0 Å². The van der Waals surface area contributed by atoms with Crippen LogP contribution in [0.3, 0.4) is 0 Å². The van der Waals surface area contributed by atoms with Crippen molar-refractivity contribution in [3.8, 4) is 0 Å². The van der Waals surface area contributed by atoms with E-state index in [0.29, 0.717) is 6.07 Å². The summed E-state index contributed by atoms with van der Waals surface area (Å²) in [5.74, 6) is -3.51. The molecule has 1 amide bonds. The smallest absolute Gasteiger partial charge is 0.318 e. The first-order valence-corrected chi connectivity index (χ1v) is 6.29. The first-order valence-electron chi connectivity index (χ1n) is 4.39. The summed E-state index contributed by atoms with van der Waals surface area (Å²) in [6.07, 6.45) is -4.36. The van der Waals surface area contributed by atoms with Crippen LogP contribution in [0.4, 0.5) is 23.2 Å². The van der Waals surface area contributed by atoms with E-state index < -0.39 is 38.3 Å². The number of nitrogens with one attached hydrogen (secondary N) is 1. The van der Waals surface area contributed by atoms with Crippen LogP contribution in [0, 0.1) is 5.82 Å². The van der Waals surface area contributed by atoms with Crippen molar-refractivity contribution >= 4 is 21.4 Å². The third-order valence-electron chi connectivity index (χ3n) is 1.85. The molecule has 4 nitrogen and oxygen atoms in total. The summed E-state index contributed by atoms with van der Waals surface area (Å²) in [5.41, 5.74) is -0.484. The molecule has 18 heavy (non-hydrogen) atoms. The number of anilines is 1. The molecular formula is C9H7F4NO3S. The second-order valence-corrected chi connectivity index (χ2v) is 5.35. The lowest BCUT2D eigenvalue weighted by Crippen LogP contribution is -2.29. The molecule has 0 fully saturated rings. The molecule has 0 aliphatic rings. The van der Waals surface area contributed by atoms with E-state index in [1.165, 1.54) is 5.32 Å². The molecule has 0 saturated carbocycles. The Kier molecular flexibility index (Phi) is 3.65. The average molecular weight is 285 g/mol. The van der Waals surface area contributed by atoms with Crippen LogP contribution >= 0.6 is 0 Å². The van der Waals surface area contributed by atoms with Crippen molar-refractivity contribution in [3.63, 3.8) is 0 Å². The fourth-order valence-corrected chi connectivity index (χ4v) is 1.81. The standard InChI is InChI=1S/C9H7F4NO3S/c1-18(16,17)7-3-2-5(4-6(7)10)14-8(15)9(11,12)13/h2-4H,1H3,(H,14,15).